The van der Waals surface area contributed by atoms with Gasteiger partial charge in [0, 0.05) is 17.9 Å². The average Bonchev–Trinajstić information content (AvgIpc) is 2.64. The molecule has 0 unspecified atom stereocenters. The zero-order valence-electron chi connectivity index (χ0n) is 13.0. The van der Waals surface area contributed by atoms with Gasteiger partial charge >= 0.3 is 0 Å². The first-order valence-corrected chi connectivity index (χ1v) is 6.69. The van der Waals surface area contributed by atoms with Crippen LogP contribution in [0.25, 0.3) is 0 Å². The summed E-state index contributed by atoms with van der Waals surface area (Å²) in [7, 11) is 1.80. The molecule has 4 heteroatoms. The molecule has 1 aliphatic heterocycles. The Kier molecular flexibility index (Phi) is 2.96. The molecule has 0 saturated carbocycles. The second-order valence-corrected chi connectivity index (χ2v) is 7.29. The van der Waals surface area contributed by atoms with E-state index in [2.05, 4.69) is 46.5 Å². The summed E-state index contributed by atoms with van der Waals surface area (Å²) in [5.74, 6) is 0.821. The van der Waals surface area contributed by atoms with E-state index in [0.717, 1.165) is 17.2 Å². The fourth-order valence-corrected chi connectivity index (χ4v) is 2.51. The van der Waals surface area contributed by atoms with Crippen LogP contribution in [0.1, 0.15) is 58.6 Å². The summed E-state index contributed by atoms with van der Waals surface area (Å²) in [5, 5.41) is 0. The van der Waals surface area contributed by atoms with Crippen LogP contribution in [0.4, 0.5) is 0 Å². The third-order valence-corrected chi connectivity index (χ3v) is 3.37. The Morgan fingerprint density at radius 2 is 1.63 bits per heavy atom. The van der Waals surface area contributed by atoms with Crippen molar-refractivity contribution in [1.29, 1.82) is 0 Å². The van der Waals surface area contributed by atoms with E-state index in [9.17, 15) is 4.79 Å². The largest absolute Gasteiger partial charge is 0.299 e. The number of rotatable bonds is 0. The average molecular weight is 261 g/mol. The Balaban J connectivity index is 2.70. The van der Waals surface area contributed by atoms with Crippen molar-refractivity contribution in [3.05, 3.63) is 27.4 Å². The minimum absolute atomic E-state index is 0.0288. The van der Waals surface area contributed by atoms with Crippen LogP contribution in [-0.2, 0) is 19.0 Å². The summed E-state index contributed by atoms with van der Waals surface area (Å²) in [6.07, 6.45) is 0. The molecule has 0 bridgehead atoms. The highest BCUT2D eigenvalue weighted by Crippen LogP contribution is 2.28. The molecule has 1 aromatic rings. The van der Waals surface area contributed by atoms with E-state index < -0.39 is 0 Å². The lowest BCUT2D eigenvalue weighted by Crippen LogP contribution is -2.36. The minimum Gasteiger partial charge on any atom is -0.299 e. The number of nitrogens with zero attached hydrogens (tertiary/aromatic N) is 3. The van der Waals surface area contributed by atoms with E-state index in [0.29, 0.717) is 12.1 Å². The Morgan fingerprint density at radius 1 is 1.05 bits per heavy atom. The van der Waals surface area contributed by atoms with Crippen molar-refractivity contribution in [3.8, 4) is 0 Å². The van der Waals surface area contributed by atoms with Gasteiger partial charge in [-0.25, -0.2) is 4.98 Å². The molecule has 0 amide bonds. The molecule has 1 aliphatic rings. The highest BCUT2D eigenvalue weighted by molar-refractivity contribution is 6.06. The van der Waals surface area contributed by atoms with Gasteiger partial charge < -0.3 is 0 Å². The molecule has 2 heterocycles. The van der Waals surface area contributed by atoms with E-state index in [1.165, 1.54) is 0 Å². The van der Waals surface area contributed by atoms with Crippen molar-refractivity contribution in [1.82, 2.24) is 9.55 Å². The second kappa shape index (κ2) is 4.02. The third-order valence-electron chi connectivity index (χ3n) is 3.37. The van der Waals surface area contributed by atoms with E-state index in [1.807, 2.05) is 0 Å². The van der Waals surface area contributed by atoms with Crippen molar-refractivity contribution >= 4 is 5.71 Å². The van der Waals surface area contributed by atoms with Gasteiger partial charge in [0.05, 0.1) is 23.5 Å². The van der Waals surface area contributed by atoms with Crippen molar-refractivity contribution in [3.63, 3.8) is 0 Å². The van der Waals surface area contributed by atoms with Gasteiger partial charge in [-0.15, -0.1) is 0 Å². The van der Waals surface area contributed by atoms with Gasteiger partial charge in [-0.05, 0) is 0 Å². The van der Waals surface area contributed by atoms with Crippen molar-refractivity contribution in [2.24, 2.45) is 17.5 Å². The van der Waals surface area contributed by atoms with Gasteiger partial charge in [0.15, 0.2) is 0 Å². The standard InChI is InChI=1S/C15H23N3O/c1-14(2,3)11-10-9(8-16-11)17-13(15(4,5)6)18(7)12(10)19/h8H2,1-7H3. The lowest BCUT2D eigenvalue weighted by atomic mass is 9.86. The lowest BCUT2D eigenvalue weighted by molar-refractivity contribution is 0.500. The maximum atomic E-state index is 12.6. The zero-order chi connectivity index (χ0) is 14.6. The highest BCUT2D eigenvalue weighted by Gasteiger charge is 2.32. The number of aromatic nitrogens is 2. The van der Waals surface area contributed by atoms with Gasteiger partial charge in [-0.1, -0.05) is 41.5 Å². The molecule has 0 atom stereocenters. The Hall–Kier alpha value is -1.45. The van der Waals surface area contributed by atoms with Crippen LogP contribution in [0.15, 0.2) is 9.79 Å². The lowest BCUT2D eigenvalue weighted by Gasteiger charge is -2.23. The first kappa shape index (κ1) is 14.0. The summed E-state index contributed by atoms with van der Waals surface area (Å²) in [5.41, 5.74) is 2.19. The van der Waals surface area contributed by atoms with E-state index in [1.54, 1.807) is 11.6 Å². The summed E-state index contributed by atoms with van der Waals surface area (Å²) >= 11 is 0. The van der Waals surface area contributed by atoms with Crippen LogP contribution in [0.3, 0.4) is 0 Å². The Labute approximate surface area is 114 Å². The summed E-state index contributed by atoms with van der Waals surface area (Å²) < 4.78 is 1.67. The highest BCUT2D eigenvalue weighted by atomic mass is 16.1. The van der Waals surface area contributed by atoms with Gasteiger partial charge in [0.1, 0.15) is 5.82 Å². The van der Waals surface area contributed by atoms with Gasteiger partial charge in [0.2, 0.25) is 0 Å². The monoisotopic (exact) mass is 261 g/mol. The first-order chi connectivity index (χ1) is 8.53. The fourth-order valence-electron chi connectivity index (χ4n) is 2.51. The topological polar surface area (TPSA) is 47.2 Å². The molecule has 0 saturated heterocycles. The van der Waals surface area contributed by atoms with Crippen LogP contribution < -0.4 is 5.56 Å². The van der Waals surface area contributed by atoms with Crippen LogP contribution in [0.5, 0.6) is 0 Å². The SMILES string of the molecule is Cn1c(C(C)(C)C)nc2c(c1=O)C(C(C)(C)C)=NC2. The van der Waals surface area contributed by atoms with E-state index in [-0.39, 0.29) is 16.4 Å². The molecule has 1 aromatic heterocycles. The predicted molar refractivity (Wildman–Crippen MR) is 77.9 cm³/mol. The summed E-state index contributed by atoms with van der Waals surface area (Å²) in [6, 6.07) is 0. The number of hydrogen-bond acceptors (Lipinski definition) is 3. The molecule has 0 N–H and O–H groups in total. The Morgan fingerprint density at radius 3 is 2.11 bits per heavy atom. The zero-order valence-corrected chi connectivity index (χ0v) is 13.0. The molecule has 104 valence electrons. The minimum atomic E-state index is -0.145. The maximum absolute atomic E-state index is 12.6. The summed E-state index contributed by atoms with van der Waals surface area (Å²) in [4.78, 5) is 21.9. The molecule has 2 rings (SSSR count). The number of aliphatic imine (C=N–C) groups is 1. The van der Waals surface area contributed by atoms with Gasteiger partial charge in [-0.2, -0.15) is 0 Å². The molecular formula is C15H23N3O. The normalized spacial score (nSPS) is 15.4. The smallest absolute Gasteiger partial charge is 0.262 e. The van der Waals surface area contributed by atoms with Crippen molar-refractivity contribution in [2.75, 3.05) is 0 Å². The molecule has 0 aromatic carbocycles. The maximum Gasteiger partial charge on any atom is 0.262 e. The molecular weight excluding hydrogens is 238 g/mol. The molecule has 0 fully saturated rings. The molecule has 0 aliphatic carbocycles. The molecule has 0 spiro atoms. The molecule has 4 nitrogen and oxygen atoms in total. The fraction of sp³-hybridized carbons (Fsp3) is 0.667. The van der Waals surface area contributed by atoms with Crippen LogP contribution in [0.2, 0.25) is 0 Å². The van der Waals surface area contributed by atoms with Gasteiger partial charge in [-0.3, -0.25) is 14.4 Å². The van der Waals surface area contributed by atoms with Crippen LogP contribution in [-0.4, -0.2) is 15.3 Å². The van der Waals surface area contributed by atoms with Crippen LogP contribution in [0, 0.1) is 5.41 Å². The number of hydrogen-bond donors (Lipinski definition) is 0. The van der Waals surface area contributed by atoms with Crippen molar-refractivity contribution in [2.45, 2.75) is 53.5 Å². The van der Waals surface area contributed by atoms with Crippen LogP contribution >= 0.6 is 0 Å². The number of fused-ring (bicyclic) bond motifs is 1. The predicted octanol–water partition coefficient (Wildman–Crippen LogP) is 2.43. The van der Waals surface area contributed by atoms with E-state index >= 15 is 0 Å². The summed E-state index contributed by atoms with van der Waals surface area (Å²) in [6.45, 7) is 13.0. The second-order valence-electron chi connectivity index (χ2n) is 7.29. The molecule has 19 heavy (non-hydrogen) atoms. The van der Waals surface area contributed by atoms with E-state index in [4.69, 9.17) is 4.98 Å². The Bertz CT molecular complexity index is 610. The third kappa shape index (κ3) is 2.24. The quantitative estimate of drug-likeness (QED) is 0.720. The van der Waals surface area contributed by atoms with Gasteiger partial charge in [0.25, 0.3) is 5.56 Å². The molecule has 0 radical (unpaired) electrons. The first-order valence-electron chi connectivity index (χ1n) is 6.69. The van der Waals surface area contributed by atoms with Crippen molar-refractivity contribution < 1.29 is 0 Å².